The highest BCUT2D eigenvalue weighted by Crippen LogP contribution is 2.27. The average Bonchev–Trinajstić information content (AvgIpc) is 2.65. The Kier molecular flexibility index (Phi) is 6.05. The van der Waals surface area contributed by atoms with Crippen molar-refractivity contribution in [1.82, 2.24) is 0 Å². The van der Waals surface area contributed by atoms with E-state index in [1.807, 2.05) is 42.5 Å². The van der Waals surface area contributed by atoms with Gasteiger partial charge in [-0.3, -0.25) is 4.79 Å². The minimum atomic E-state index is 0.0284. The van der Waals surface area contributed by atoms with Crippen LogP contribution in [0.2, 0.25) is 0 Å². The van der Waals surface area contributed by atoms with Gasteiger partial charge in [-0.2, -0.15) is 0 Å². The maximum atomic E-state index is 12.6. The molecule has 3 rings (SSSR count). The number of hydrogen-bond acceptors (Lipinski definition) is 1. The average molecular weight is 359 g/mol. The van der Waals surface area contributed by atoms with Crippen molar-refractivity contribution in [2.45, 2.75) is 20.4 Å². The second kappa shape index (κ2) is 8.65. The number of rotatable bonds is 6. The molecule has 0 fully saturated rings. The zero-order valence-electron chi connectivity index (χ0n) is 16.3. The van der Waals surface area contributed by atoms with E-state index in [1.54, 1.807) is 0 Å². The number of para-hydroxylation sites is 1. The minimum Gasteiger partial charge on any atom is -0.326 e. The molecule has 0 spiro atoms. The summed E-state index contributed by atoms with van der Waals surface area (Å²) in [5.41, 5.74) is 6.83. The van der Waals surface area contributed by atoms with Gasteiger partial charge in [-0.05, 0) is 31.0 Å². The number of carbonyl (C=O) groups excluding carboxylic acids is 1. The Morgan fingerprint density at radius 1 is 0.926 bits per heavy atom. The predicted molar refractivity (Wildman–Crippen MR) is 112 cm³/mol. The topological polar surface area (TPSA) is 33.5 Å². The molecule has 0 aliphatic rings. The van der Waals surface area contributed by atoms with Crippen LogP contribution in [-0.4, -0.2) is 19.5 Å². The number of aryl methyl sites for hydroxylation is 2. The number of nitrogens with one attached hydrogen (secondary N) is 2. The molecular formula is C24H27N2O+. The van der Waals surface area contributed by atoms with E-state index in [4.69, 9.17) is 0 Å². The summed E-state index contributed by atoms with van der Waals surface area (Å²) in [7, 11) is 2.06. The first-order valence-corrected chi connectivity index (χ1v) is 9.34. The fourth-order valence-corrected chi connectivity index (χ4v) is 3.36. The van der Waals surface area contributed by atoms with Gasteiger partial charge in [0, 0.05) is 16.8 Å². The van der Waals surface area contributed by atoms with Crippen LogP contribution in [0.5, 0.6) is 0 Å². The van der Waals surface area contributed by atoms with Gasteiger partial charge in [-0.15, -0.1) is 0 Å². The lowest BCUT2D eigenvalue weighted by Crippen LogP contribution is -3.08. The molecule has 3 nitrogen and oxygen atoms in total. The van der Waals surface area contributed by atoms with Crippen molar-refractivity contribution in [3.05, 3.63) is 89.5 Å². The Balaban J connectivity index is 1.66. The summed E-state index contributed by atoms with van der Waals surface area (Å²) in [5, 5.41) is 3.09. The Labute approximate surface area is 161 Å². The van der Waals surface area contributed by atoms with Crippen LogP contribution in [0.3, 0.4) is 0 Å². The van der Waals surface area contributed by atoms with E-state index in [1.165, 1.54) is 16.7 Å². The summed E-state index contributed by atoms with van der Waals surface area (Å²) >= 11 is 0. The van der Waals surface area contributed by atoms with Crippen LogP contribution in [0.15, 0.2) is 72.8 Å². The molecule has 1 atom stereocenters. The molecule has 27 heavy (non-hydrogen) atoms. The maximum Gasteiger partial charge on any atom is 0.279 e. The van der Waals surface area contributed by atoms with E-state index in [-0.39, 0.29) is 5.91 Å². The van der Waals surface area contributed by atoms with Gasteiger partial charge in [0.15, 0.2) is 6.54 Å². The van der Waals surface area contributed by atoms with Crippen LogP contribution in [0.4, 0.5) is 5.69 Å². The molecule has 0 bridgehead atoms. The van der Waals surface area contributed by atoms with Gasteiger partial charge >= 0.3 is 0 Å². The molecule has 0 saturated carbocycles. The molecule has 3 aromatic rings. The van der Waals surface area contributed by atoms with Crippen molar-refractivity contribution >= 4 is 11.6 Å². The molecule has 1 amide bonds. The highest BCUT2D eigenvalue weighted by Gasteiger charge is 2.14. The van der Waals surface area contributed by atoms with E-state index < -0.39 is 0 Å². The number of carbonyl (C=O) groups is 1. The van der Waals surface area contributed by atoms with Gasteiger partial charge in [-0.1, -0.05) is 72.3 Å². The summed E-state index contributed by atoms with van der Waals surface area (Å²) in [6.45, 7) is 5.49. The lowest BCUT2D eigenvalue weighted by molar-refractivity contribution is -0.885. The second-order valence-corrected chi connectivity index (χ2v) is 7.20. The first-order chi connectivity index (χ1) is 13.0. The van der Waals surface area contributed by atoms with Gasteiger partial charge in [-0.25, -0.2) is 0 Å². The van der Waals surface area contributed by atoms with Crippen LogP contribution in [0, 0.1) is 13.8 Å². The monoisotopic (exact) mass is 359 g/mol. The lowest BCUT2D eigenvalue weighted by Gasteiger charge is -2.16. The zero-order valence-corrected chi connectivity index (χ0v) is 16.3. The molecule has 0 aliphatic heterocycles. The Bertz CT molecular complexity index is 919. The minimum absolute atomic E-state index is 0.0284. The fourth-order valence-electron chi connectivity index (χ4n) is 3.36. The molecule has 138 valence electrons. The van der Waals surface area contributed by atoms with E-state index in [0.29, 0.717) is 6.54 Å². The van der Waals surface area contributed by atoms with Crippen LogP contribution < -0.4 is 10.2 Å². The van der Waals surface area contributed by atoms with Crippen LogP contribution in [0.1, 0.15) is 16.7 Å². The third-order valence-electron chi connectivity index (χ3n) is 4.74. The SMILES string of the molecule is Cc1ccc(C[NH+](C)CC(=O)Nc2ccccc2-c2ccccc2)c(C)c1. The maximum absolute atomic E-state index is 12.6. The van der Waals surface area contributed by atoms with Crippen molar-refractivity contribution in [3.63, 3.8) is 0 Å². The normalized spacial score (nSPS) is 11.8. The Morgan fingerprint density at radius 3 is 2.37 bits per heavy atom. The van der Waals surface area contributed by atoms with Crippen molar-refractivity contribution in [1.29, 1.82) is 0 Å². The predicted octanol–water partition coefficient (Wildman–Crippen LogP) is 3.62. The first-order valence-electron chi connectivity index (χ1n) is 9.34. The van der Waals surface area contributed by atoms with Gasteiger partial charge in [0.2, 0.25) is 0 Å². The summed E-state index contributed by atoms with van der Waals surface area (Å²) in [6.07, 6.45) is 0. The smallest absolute Gasteiger partial charge is 0.279 e. The molecule has 2 N–H and O–H groups in total. The fraction of sp³-hybridized carbons (Fsp3) is 0.208. The summed E-state index contributed by atoms with van der Waals surface area (Å²) in [6, 6.07) is 24.6. The molecule has 1 unspecified atom stereocenters. The Hall–Kier alpha value is -2.91. The largest absolute Gasteiger partial charge is 0.326 e. The van der Waals surface area contributed by atoms with E-state index in [2.05, 4.69) is 56.5 Å². The molecule has 0 radical (unpaired) electrons. The Morgan fingerprint density at radius 2 is 1.63 bits per heavy atom. The highest BCUT2D eigenvalue weighted by molar-refractivity contribution is 5.96. The molecule has 0 heterocycles. The molecule has 0 aromatic heterocycles. The van der Waals surface area contributed by atoms with Crippen molar-refractivity contribution in [2.24, 2.45) is 0 Å². The molecule has 0 saturated heterocycles. The van der Waals surface area contributed by atoms with E-state index >= 15 is 0 Å². The van der Waals surface area contributed by atoms with Gasteiger partial charge in [0.1, 0.15) is 6.54 Å². The van der Waals surface area contributed by atoms with Crippen molar-refractivity contribution in [2.75, 3.05) is 18.9 Å². The molecule has 3 heteroatoms. The standard InChI is InChI=1S/C24H26N2O/c1-18-13-14-21(19(2)15-18)16-26(3)17-24(27)25-23-12-8-7-11-22(23)20-9-5-4-6-10-20/h4-15H,16-17H2,1-3H3,(H,25,27)/p+1. The van der Waals surface area contributed by atoms with E-state index in [9.17, 15) is 4.79 Å². The van der Waals surface area contributed by atoms with Crippen molar-refractivity contribution in [3.8, 4) is 11.1 Å². The lowest BCUT2D eigenvalue weighted by atomic mass is 10.0. The third kappa shape index (κ3) is 5.05. The first kappa shape index (κ1) is 18.9. The number of amides is 1. The van der Waals surface area contributed by atoms with Crippen molar-refractivity contribution < 1.29 is 9.69 Å². The summed E-state index contributed by atoms with van der Waals surface area (Å²) in [4.78, 5) is 13.8. The third-order valence-corrected chi connectivity index (χ3v) is 4.74. The zero-order chi connectivity index (χ0) is 19.2. The van der Waals surface area contributed by atoms with Crippen LogP contribution in [0.25, 0.3) is 11.1 Å². The molecular weight excluding hydrogens is 332 g/mol. The number of anilines is 1. The molecule has 0 aliphatic carbocycles. The van der Waals surface area contributed by atoms with Gasteiger partial charge < -0.3 is 10.2 Å². The number of likely N-dealkylation sites (N-methyl/N-ethyl adjacent to an activating group) is 1. The van der Waals surface area contributed by atoms with Crippen LogP contribution in [-0.2, 0) is 11.3 Å². The number of quaternary nitrogens is 1. The number of benzene rings is 3. The summed E-state index contributed by atoms with van der Waals surface area (Å²) in [5.74, 6) is 0.0284. The highest BCUT2D eigenvalue weighted by atomic mass is 16.2. The van der Waals surface area contributed by atoms with Gasteiger partial charge in [0.25, 0.3) is 5.91 Å². The van der Waals surface area contributed by atoms with Crippen LogP contribution >= 0.6 is 0 Å². The van der Waals surface area contributed by atoms with Gasteiger partial charge in [0.05, 0.1) is 7.05 Å². The van der Waals surface area contributed by atoms with E-state index in [0.717, 1.165) is 28.3 Å². The second-order valence-electron chi connectivity index (χ2n) is 7.20. The number of hydrogen-bond donors (Lipinski definition) is 2. The molecule has 3 aromatic carbocycles. The quantitative estimate of drug-likeness (QED) is 0.692. The summed E-state index contributed by atoms with van der Waals surface area (Å²) < 4.78 is 0.